The number of hydrogen-bond donors (Lipinski definition) is 0. The summed E-state index contributed by atoms with van der Waals surface area (Å²) in [5.74, 6) is 0.851. The Balaban J connectivity index is 1.30. The molecule has 0 saturated carbocycles. The molecule has 0 N–H and O–H groups in total. The van der Waals surface area contributed by atoms with E-state index >= 15 is 0 Å². The van der Waals surface area contributed by atoms with Crippen LogP contribution in [-0.4, -0.2) is 45.4 Å². The fourth-order valence-corrected chi connectivity index (χ4v) is 6.45. The summed E-state index contributed by atoms with van der Waals surface area (Å²) in [4.78, 5) is 23.2. The zero-order valence-electron chi connectivity index (χ0n) is 15.6. The molecule has 1 aromatic carbocycles. The van der Waals surface area contributed by atoms with Crippen LogP contribution in [0.25, 0.3) is 0 Å². The van der Waals surface area contributed by atoms with Crippen molar-refractivity contribution in [3.05, 3.63) is 65.5 Å². The second-order valence-electron chi connectivity index (χ2n) is 8.71. The lowest BCUT2D eigenvalue weighted by Gasteiger charge is -2.34. The van der Waals surface area contributed by atoms with Crippen LogP contribution in [0, 0.1) is 5.92 Å². The molecule has 3 saturated heterocycles. The van der Waals surface area contributed by atoms with Gasteiger partial charge >= 0.3 is 0 Å². The van der Waals surface area contributed by atoms with E-state index in [1.165, 1.54) is 11.1 Å². The number of rotatable bonds is 2. The number of benzene rings is 1. The van der Waals surface area contributed by atoms with Gasteiger partial charge in [0.15, 0.2) is 0 Å². The second kappa shape index (κ2) is 5.65. The number of amides is 1. The van der Waals surface area contributed by atoms with Gasteiger partial charge in [-0.05, 0) is 61.9 Å². The Labute approximate surface area is 160 Å². The first-order valence-electron chi connectivity index (χ1n) is 10.3. The van der Waals surface area contributed by atoms with E-state index < -0.39 is 0 Å². The lowest BCUT2D eigenvalue weighted by Crippen LogP contribution is -2.51. The lowest BCUT2D eigenvalue weighted by atomic mass is 9.85. The fraction of sp³-hybridized carbons (Fsp3) is 0.478. The molecule has 3 fully saturated rings. The Morgan fingerprint density at radius 2 is 1.81 bits per heavy atom. The molecule has 1 aromatic heterocycles. The van der Waals surface area contributed by atoms with Crippen molar-refractivity contribution in [2.75, 3.05) is 13.1 Å². The highest BCUT2D eigenvalue weighted by molar-refractivity contribution is 5.90. The summed E-state index contributed by atoms with van der Waals surface area (Å²) >= 11 is 0. The van der Waals surface area contributed by atoms with Crippen molar-refractivity contribution in [3.63, 3.8) is 0 Å². The van der Waals surface area contributed by atoms with Crippen LogP contribution in [-0.2, 0) is 17.6 Å². The van der Waals surface area contributed by atoms with Gasteiger partial charge < -0.3 is 4.90 Å². The largest absolute Gasteiger partial charge is 0.337 e. The molecule has 4 nitrogen and oxygen atoms in total. The van der Waals surface area contributed by atoms with E-state index in [-0.39, 0.29) is 5.54 Å². The van der Waals surface area contributed by atoms with Crippen LogP contribution in [0.5, 0.6) is 0 Å². The lowest BCUT2D eigenvalue weighted by molar-refractivity contribution is -0.138. The summed E-state index contributed by atoms with van der Waals surface area (Å²) in [5.41, 5.74) is 3.75. The number of aromatic nitrogens is 1. The molecule has 1 spiro atoms. The van der Waals surface area contributed by atoms with E-state index in [1.54, 1.807) is 0 Å². The standard InChI is InChI=1S/C23H25N3O/c27-22-23-9-5-11-26(23)21(20-8-3-4-10-24-20)14-18(23)15-25(22)19-12-16-6-1-2-7-17(16)13-19/h1-4,6-8,10,18-19,21H,5,9,11-15H2/t18-,21-,23-/m0/s1. The average Bonchev–Trinajstić information content (AvgIpc) is 3.43. The second-order valence-corrected chi connectivity index (χ2v) is 8.71. The van der Waals surface area contributed by atoms with Gasteiger partial charge in [0, 0.05) is 24.7 Å². The summed E-state index contributed by atoms with van der Waals surface area (Å²) in [6.07, 6.45) is 7.15. The highest BCUT2D eigenvalue weighted by Crippen LogP contribution is 2.56. The Morgan fingerprint density at radius 1 is 1.04 bits per heavy atom. The number of hydrogen-bond acceptors (Lipinski definition) is 3. The van der Waals surface area contributed by atoms with E-state index in [0.717, 1.165) is 50.9 Å². The predicted molar refractivity (Wildman–Crippen MR) is 103 cm³/mol. The number of likely N-dealkylation sites (tertiary alicyclic amines) is 1. The van der Waals surface area contributed by atoms with Crippen molar-refractivity contribution in [1.29, 1.82) is 0 Å². The summed E-state index contributed by atoms with van der Waals surface area (Å²) in [7, 11) is 0. The van der Waals surface area contributed by atoms with Gasteiger partial charge in [0.1, 0.15) is 5.54 Å². The zero-order chi connectivity index (χ0) is 18.0. The van der Waals surface area contributed by atoms with E-state index in [1.807, 2.05) is 12.3 Å². The molecule has 1 aliphatic carbocycles. The maximum atomic E-state index is 13.8. The number of carbonyl (C=O) groups is 1. The molecule has 0 radical (unpaired) electrons. The van der Waals surface area contributed by atoms with Crippen LogP contribution < -0.4 is 0 Å². The van der Waals surface area contributed by atoms with Crippen molar-refractivity contribution in [2.45, 2.75) is 49.7 Å². The summed E-state index contributed by atoms with van der Waals surface area (Å²) in [5, 5.41) is 0. The third-order valence-electron chi connectivity index (χ3n) is 7.58. The summed E-state index contributed by atoms with van der Waals surface area (Å²) < 4.78 is 0. The topological polar surface area (TPSA) is 36.4 Å². The molecule has 1 amide bonds. The Bertz CT molecular complexity index is 873. The van der Waals surface area contributed by atoms with Gasteiger partial charge in [-0.3, -0.25) is 14.7 Å². The Morgan fingerprint density at radius 3 is 2.56 bits per heavy atom. The Kier molecular flexibility index (Phi) is 3.31. The Hall–Kier alpha value is -2.20. The van der Waals surface area contributed by atoms with Gasteiger partial charge in [0.2, 0.25) is 5.91 Å². The molecule has 138 valence electrons. The average molecular weight is 359 g/mol. The van der Waals surface area contributed by atoms with Crippen molar-refractivity contribution >= 4 is 5.91 Å². The van der Waals surface area contributed by atoms with E-state index in [9.17, 15) is 4.79 Å². The van der Waals surface area contributed by atoms with Gasteiger partial charge in [-0.25, -0.2) is 0 Å². The SMILES string of the molecule is O=C1N(C2Cc3ccccc3C2)C[C@@H]2C[C@@H](c3ccccn3)N3CCC[C@@]123. The van der Waals surface area contributed by atoms with Crippen LogP contribution in [0.15, 0.2) is 48.7 Å². The van der Waals surface area contributed by atoms with Crippen molar-refractivity contribution in [3.8, 4) is 0 Å². The van der Waals surface area contributed by atoms with Crippen molar-refractivity contribution in [1.82, 2.24) is 14.8 Å². The van der Waals surface area contributed by atoms with Crippen LogP contribution in [0.2, 0.25) is 0 Å². The van der Waals surface area contributed by atoms with Gasteiger partial charge in [-0.2, -0.15) is 0 Å². The smallest absolute Gasteiger partial charge is 0.243 e. The highest BCUT2D eigenvalue weighted by atomic mass is 16.2. The number of fused-ring (bicyclic) bond motifs is 1. The first-order valence-corrected chi connectivity index (χ1v) is 10.3. The maximum absolute atomic E-state index is 13.8. The monoisotopic (exact) mass is 359 g/mol. The number of pyridine rings is 1. The minimum atomic E-state index is -0.253. The molecule has 2 aromatic rings. The third-order valence-corrected chi connectivity index (χ3v) is 7.58. The van der Waals surface area contributed by atoms with E-state index in [2.05, 4.69) is 51.2 Å². The minimum Gasteiger partial charge on any atom is -0.337 e. The molecule has 4 aliphatic rings. The van der Waals surface area contributed by atoms with Crippen LogP contribution in [0.4, 0.5) is 0 Å². The summed E-state index contributed by atoms with van der Waals surface area (Å²) in [6.45, 7) is 1.96. The van der Waals surface area contributed by atoms with Crippen molar-refractivity contribution in [2.24, 2.45) is 5.92 Å². The highest BCUT2D eigenvalue weighted by Gasteiger charge is 2.66. The maximum Gasteiger partial charge on any atom is 0.243 e. The minimum absolute atomic E-state index is 0.253. The molecule has 0 unspecified atom stereocenters. The first-order chi connectivity index (χ1) is 13.3. The third kappa shape index (κ3) is 2.08. The molecule has 4 heterocycles. The predicted octanol–water partition coefficient (Wildman–Crippen LogP) is 2.99. The van der Waals surface area contributed by atoms with Crippen LogP contribution in [0.1, 0.15) is 42.1 Å². The van der Waals surface area contributed by atoms with E-state index in [4.69, 9.17) is 0 Å². The number of carbonyl (C=O) groups excluding carboxylic acids is 1. The fourth-order valence-electron chi connectivity index (χ4n) is 6.45. The van der Waals surface area contributed by atoms with Crippen LogP contribution >= 0.6 is 0 Å². The molecule has 27 heavy (non-hydrogen) atoms. The molecule has 6 rings (SSSR count). The van der Waals surface area contributed by atoms with Gasteiger partial charge in [-0.15, -0.1) is 0 Å². The normalized spacial score (nSPS) is 32.7. The molecule has 4 heteroatoms. The van der Waals surface area contributed by atoms with Gasteiger partial charge in [-0.1, -0.05) is 30.3 Å². The van der Waals surface area contributed by atoms with Crippen LogP contribution in [0.3, 0.4) is 0 Å². The zero-order valence-corrected chi connectivity index (χ0v) is 15.6. The quantitative estimate of drug-likeness (QED) is 0.827. The molecular weight excluding hydrogens is 334 g/mol. The molecule has 3 atom stereocenters. The molecule has 0 bridgehead atoms. The molecule has 3 aliphatic heterocycles. The van der Waals surface area contributed by atoms with Crippen molar-refractivity contribution < 1.29 is 4.79 Å². The van der Waals surface area contributed by atoms with Gasteiger partial charge in [0.05, 0.1) is 11.7 Å². The molecular formula is C23H25N3O. The van der Waals surface area contributed by atoms with Gasteiger partial charge in [0.25, 0.3) is 0 Å². The first kappa shape index (κ1) is 15.8. The summed E-state index contributed by atoms with van der Waals surface area (Å²) in [6, 6.07) is 15.5. The number of nitrogens with zero attached hydrogens (tertiary/aromatic N) is 3. The van der Waals surface area contributed by atoms with E-state index in [0.29, 0.717) is 23.9 Å².